The van der Waals surface area contributed by atoms with Gasteiger partial charge in [0.25, 0.3) is 0 Å². The SMILES string of the molecule is O=C(Nc1ccc(Oc2ccnc(N(C(=O)Oc3ccccc3)C(=O)Oc3ccccc3)c2)cc1F)OCc1ccccc1. The lowest BCUT2D eigenvalue weighted by atomic mass is 10.2. The molecule has 0 unspecified atom stereocenters. The number of imide groups is 1. The molecule has 5 rings (SSSR count). The zero-order valence-corrected chi connectivity index (χ0v) is 23.0. The fraction of sp³-hybridized carbons (Fsp3) is 0.0303. The van der Waals surface area contributed by atoms with Crippen LogP contribution < -0.4 is 24.4 Å². The molecule has 0 bridgehead atoms. The maximum Gasteiger partial charge on any atom is 0.430 e. The van der Waals surface area contributed by atoms with Gasteiger partial charge >= 0.3 is 18.3 Å². The number of hydrogen-bond acceptors (Lipinski definition) is 8. The van der Waals surface area contributed by atoms with E-state index in [2.05, 4.69) is 10.3 Å². The Balaban J connectivity index is 1.30. The third-order valence-electron chi connectivity index (χ3n) is 5.83. The summed E-state index contributed by atoms with van der Waals surface area (Å²) in [6.45, 7) is 0.0225. The molecule has 3 amide bonds. The molecule has 0 atom stereocenters. The standard InChI is InChI=1S/C33H24FN3O7/c34-28-20-26(16-17-29(28)36-31(38)41-22-23-10-4-1-5-11-23)42-27-18-19-35-30(21-27)37(32(39)43-24-12-6-2-7-13-24)33(40)44-25-14-8-3-9-15-25/h1-21H,22H2,(H,36,38). The molecule has 5 aromatic rings. The lowest BCUT2D eigenvalue weighted by Crippen LogP contribution is -2.41. The van der Waals surface area contributed by atoms with Crippen molar-refractivity contribution in [2.24, 2.45) is 0 Å². The number of carbonyl (C=O) groups is 3. The Morgan fingerprint density at radius 2 is 1.25 bits per heavy atom. The van der Waals surface area contributed by atoms with Crippen molar-refractivity contribution in [3.05, 3.63) is 139 Å². The van der Waals surface area contributed by atoms with Gasteiger partial charge in [0.15, 0.2) is 11.6 Å². The van der Waals surface area contributed by atoms with Crippen LogP contribution in [0.3, 0.4) is 0 Å². The molecule has 0 fully saturated rings. The highest BCUT2D eigenvalue weighted by Gasteiger charge is 2.29. The van der Waals surface area contributed by atoms with Crippen molar-refractivity contribution in [2.45, 2.75) is 6.61 Å². The number of rotatable bonds is 8. The van der Waals surface area contributed by atoms with Crippen LogP contribution in [0, 0.1) is 5.82 Å². The number of pyridine rings is 1. The summed E-state index contributed by atoms with van der Waals surface area (Å²) in [6, 6.07) is 31.8. The van der Waals surface area contributed by atoms with E-state index in [9.17, 15) is 18.8 Å². The average Bonchev–Trinajstić information content (AvgIpc) is 3.03. The minimum atomic E-state index is -1.08. The van der Waals surface area contributed by atoms with Crippen molar-refractivity contribution in [1.29, 1.82) is 0 Å². The smallest absolute Gasteiger partial charge is 0.430 e. The van der Waals surface area contributed by atoms with E-state index >= 15 is 0 Å². The van der Waals surface area contributed by atoms with Crippen molar-refractivity contribution in [3.63, 3.8) is 0 Å². The van der Waals surface area contributed by atoms with E-state index in [0.717, 1.165) is 11.6 Å². The fourth-order valence-electron chi connectivity index (χ4n) is 3.78. The Kier molecular flexibility index (Phi) is 9.38. The second-order valence-corrected chi connectivity index (χ2v) is 8.98. The minimum Gasteiger partial charge on any atom is -0.457 e. The number of nitrogens with one attached hydrogen (secondary N) is 1. The molecule has 44 heavy (non-hydrogen) atoms. The highest BCUT2D eigenvalue weighted by molar-refractivity contribution is 6.09. The van der Waals surface area contributed by atoms with Crippen LogP contribution in [0.4, 0.5) is 30.3 Å². The van der Waals surface area contributed by atoms with E-state index in [-0.39, 0.29) is 41.1 Å². The monoisotopic (exact) mass is 593 g/mol. The maximum atomic E-state index is 14.8. The summed E-state index contributed by atoms with van der Waals surface area (Å²) < 4.78 is 36.4. The Bertz CT molecular complexity index is 1690. The normalized spacial score (nSPS) is 10.3. The van der Waals surface area contributed by atoms with Gasteiger partial charge in [0.05, 0.1) is 5.69 Å². The van der Waals surface area contributed by atoms with Crippen LogP contribution in [0.25, 0.3) is 0 Å². The number of carbonyl (C=O) groups excluding carboxylic acids is 3. The molecular formula is C33H24FN3O7. The Hall–Kier alpha value is -6.23. The van der Waals surface area contributed by atoms with Crippen LogP contribution in [-0.4, -0.2) is 23.3 Å². The molecule has 0 aliphatic rings. The maximum absolute atomic E-state index is 14.8. The first-order valence-electron chi connectivity index (χ1n) is 13.2. The van der Waals surface area contributed by atoms with E-state index < -0.39 is 24.1 Å². The molecule has 1 aromatic heterocycles. The summed E-state index contributed by atoms with van der Waals surface area (Å²) in [7, 11) is 0. The third-order valence-corrected chi connectivity index (χ3v) is 5.83. The van der Waals surface area contributed by atoms with Gasteiger partial charge in [0.1, 0.15) is 29.6 Å². The van der Waals surface area contributed by atoms with Crippen molar-refractivity contribution in [2.75, 3.05) is 10.2 Å². The summed E-state index contributed by atoms with van der Waals surface area (Å²) in [4.78, 5) is 43.1. The van der Waals surface area contributed by atoms with Crippen molar-refractivity contribution in [3.8, 4) is 23.0 Å². The van der Waals surface area contributed by atoms with Crippen LogP contribution in [-0.2, 0) is 11.3 Å². The lowest BCUT2D eigenvalue weighted by molar-refractivity contribution is 0.155. The summed E-state index contributed by atoms with van der Waals surface area (Å²) in [5.74, 6) is -0.404. The van der Waals surface area contributed by atoms with Crippen molar-refractivity contribution >= 4 is 29.8 Å². The van der Waals surface area contributed by atoms with E-state index in [1.807, 2.05) is 18.2 Å². The topological polar surface area (TPSA) is 116 Å². The number of benzene rings is 4. The van der Waals surface area contributed by atoms with Gasteiger partial charge in [-0.3, -0.25) is 5.32 Å². The van der Waals surface area contributed by atoms with Crippen molar-refractivity contribution < 1.29 is 37.7 Å². The molecule has 0 saturated carbocycles. The number of hydrogen-bond donors (Lipinski definition) is 1. The van der Waals surface area contributed by atoms with E-state index in [1.165, 1.54) is 30.5 Å². The summed E-state index contributed by atoms with van der Waals surface area (Å²) in [6.07, 6.45) is -1.70. The highest BCUT2D eigenvalue weighted by atomic mass is 19.1. The second kappa shape index (κ2) is 14.1. The van der Waals surface area contributed by atoms with Gasteiger partial charge in [-0.05, 0) is 48.0 Å². The number of anilines is 2. The van der Waals surface area contributed by atoms with Crippen LogP contribution in [0.5, 0.6) is 23.0 Å². The van der Waals surface area contributed by atoms with Crippen LogP contribution >= 0.6 is 0 Å². The second-order valence-electron chi connectivity index (χ2n) is 8.98. The van der Waals surface area contributed by atoms with Crippen LogP contribution in [0.1, 0.15) is 5.56 Å². The molecule has 0 saturated heterocycles. The van der Waals surface area contributed by atoms with Crippen molar-refractivity contribution in [1.82, 2.24) is 4.98 Å². The quantitative estimate of drug-likeness (QED) is 0.193. The number of halogens is 1. The zero-order valence-electron chi connectivity index (χ0n) is 23.0. The van der Waals surface area contributed by atoms with E-state index in [4.69, 9.17) is 18.9 Å². The van der Waals surface area contributed by atoms with Crippen LogP contribution in [0.15, 0.2) is 128 Å². The first kappa shape index (κ1) is 29.3. The summed E-state index contributed by atoms with van der Waals surface area (Å²) in [5.41, 5.74) is 0.660. The molecule has 0 spiro atoms. The average molecular weight is 594 g/mol. The Labute approximate surface area is 251 Å². The molecule has 220 valence electrons. The molecule has 0 aliphatic carbocycles. The van der Waals surface area contributed by atoms with Crippen LogP contribution in [0.2, 0.25) is 0 Å². The Morgan fingerprint density at radius 1 is 0.682 bits per heavy atom. The number of ether oxygens (including phenoxy) is 4. The number of para-hydroxylation sites is 2. The predicted octanol–water partition coefficient (Wildman–Crippen LogP) is 7.97. The van der Waals surface area contributed by atoms with Gasteiger partial charge in [0.2, 0.25) is 0 Å². The molecule has 10 nitrogen and oxygen atoms in total. The molecule has 11 heteroatoms. The molecule has 0 aliphatic heterocycles. The third kappa shape index (κ3) is 7.95. The first-order chi connectivity index (χ1) is 21.4. The largest absolute Gasteiger partial charge is 0.457 e. The van der Waals surface area contributed by atoms with Gasteiger partial charge in [-0.25, -0.2) is 23.8 Å². The van der Waals surface area contributed by atoms with E-state index in [1.54, 1.807) is 72.8 Å². The first-order valence-corrected chi connectivity index (χ1v) is 13.2. The van der Waals surface area contributed by atoms with Gasteiger partial charge in [-0.15, -0.1) is 0 Å². The van der Waals surface area contributed by atoms with E-state index in [0.29, 0.717) is 4.90 Å². The van der Waals surface area contributed by atoms with Gasteiger partial charge < -0.3 is 18.9 Å². The highest BCUT2D eigenvalue weighted by Crippen LogP contribution is 2.28. The molecule has 1 N–H and O–H groups in total. The number of nitrogens with zero attached hydrogens (tertiary/aromatic N) is 2. The fourth-order valence-corrected chi connectivity index (χ4v) is 3.78. The molecule has 1 heterocycles. The lowest BCUT2D eigenvalue weighted by Gasteiger charge is -2.19. The molecule has 4 aromatic carbocycles. The summed E-state index contributed by atoms with van der Waals surface area (Å²) >= 11 is 0. The Morgan fingerprint density at radius 3 is 1.84 bits per heavy atom. The predicted molar refractivity (Wildman–Crippen MR) is 158 cm³/mol. The summed E-state index contributed by atoms with van der Waals surface area (Å²) in [5, 5.41) is 2.35. The van der Waals surface area contributed by atoms with Gasteiger partial charge in [-0.2, -0.15) is 4.90 Å². The number of aromatic nitrogens is 1. The molecular weight excluding hydrogens is 569 g/mol. The number of amides is 3. The van der Waals surface area contributed by atoms with Gasteiger partial charge in [-0.1, -0.05) is 66.7 Å². The zero-order chi connectivity index (χ0) is 30.7. The van der Waals surface area contributed by atoms with Gasteiger partial charge in [0, 0.05) is 18.3 Å². The molecule has 0 radical (unpaired) electrons. The minimum absolute atomic E-state index is 0.0225.